The van der Waals surface area contributed by atoms with Gasteiger partial charge in [0.05, 0.1) is 10.9 Å². The number of anilines is 1. The maximum Gasteiger partial charge on any atom is 0.264 e. The van der Waals surface area contributed by atoms with Gasteiger partial charge in [0.1, 0.15) is 18.0 Å². The molecule has 7 rings (SSSR count). The standard InChI is InChI=1S/C41H57ClN4O5S/c1-29-8-7-18-41(50-3,28-44-20-22-45(23-21-44)36-10-6-11-36)37-16-13-33(37)26-46-19-5-4-9-31-24-35(42)15-12-34(31)27-51-39-17-14-32(25-38(39)46)40(47)43-52(48,49)30(29)2/h7,12,14-15,17-18,24-25,29-30,33,36-37H,4-6,8-11,13,16,19-23,26-28H2,1-3H3,(H,43,47)/b18-7+/t29-,30+,33-,37+,41-/m0/s1. The van der Waals surface area contributed by atoms with Crippen LogP contribution in [0.5, 0.6) is 5.75 Å². The fourth-order valence-corrected chi connectivity index (χ4v) is 10.5. The number of piperazine rings is 1. The molecular weight excluding hydrogens is 696 g/mol. The zero-order chi connectivity index (χ0) is 36.5. The van der Waals surface area contributed by atoms with Crippen LogP contribution in [-0.4, -0.2) is 93.9 Å². The van der Waals surface area contributed by atoms with Crippen LogP contribution in [0.3, 0.4) is 0 Å². The number of fused-ring (bicyclic) bond motifs is 3. The predicted molar refractivity (Wildman–Crippen MR) is 208 cm³/mol. The monoisotopic (exact) mass is 752 g/mol. The van der Waals surface area contributed by atoms with Crippen LogP contribution in [0, 0.1) is 17.8 Å². The molecule has 0 unspecified atom stereocenters. The number of allylic oxidation sites excluding steroid dienone is 1. The number of halogens is 1. The van der Waals surface area contributed by atoms with Crippen molar-refractivity contribution in [2.45, 2.75) is 95.1 Å². The van der Waals surface area contributed by atoms with E-state index in [0.717, 1.165) is 100 Å². The van der Waals surface area contributed by atoms with E-state index in [0.29, 0.717) is 36.2 Å². The summed E-state index contributed by atoms with van der Waals surface area (Å²) in [5.41, 5.74) is 2.93. The Hall–Kier alpha value is -2.63. The molecular formula is C41H57ClN4O5S. The van der Waals surface area contributed by atoms with Crippen molar-refractivity contribution in [2.24, 2.45) is 17.8 Å². The van der Waals surface area contributed by atoms with Crippen LogP contribution in [0.1, 0.15) is 86.7 Å². The van der Waals surface area contributed by atoms with Crippen molar-refractivity contribution in [2.75, 3.05) is 57.8 Å². The molecule has 0 spiro atoms. The molecule has 3 fully saturated rings. The van der Waals surface area contributed by atoms with Gasteiger partial charge >= 0.3 is 0 Å². The normalized spacial score (nSPS) is 31.4. The van der Waals surface area contributed by atoms with E-state index in [2.05, 4.69) is 31.6 Å². The average molecular weight is 753 g/mol. The number of carbonyl (C=O) groups excluding carboxylic acids is 1. The SMILES string of the molecule is CO[C@]1(CN2CCN(C3CCC3)CC2)/C=C/C[C@H](C)[C@@H](C)S(=O)(=O)NC(=O)c2ccc3c(c2)N(CCCCc2cc(Cl)ccc2CO3)C[C@@H]2CC[C@H]21. The number of aryl methyl sites for hydroxylation is 1. The van der Waals surface area contributed by atoms with Gasteiger partial charge in [-0.2, -0.15) is 0 Å². The number of carbonyl (C=O) groups is 1. The number of hydrogen-bond acceptors (Lipinski definition) is 8. The van der Waals surface area contributed by atoms with Crippen LogP contribution < -0.4 is 14.4 Å². The Morgan fingerprint density at radius 1 is 0.962 bits per heavy atom. The molecule has 5 aliphatic rings. The van der Waals surface area contributed by atoms with Gasteiger partial charge in [0.15, 0.2) is 0 Å². The van der Waals surface area contributed by atoms with Crippen molar-refractivity contribution in [3.63, 3.8) is 0 Å². The van der Waals surface area contributed by atoms with Crippen LogP contribution in [-0.2, 0) is 27.8 Å². The number of benzene rings is 2. The zero-order valence-corrected chi connectivity index (χ0v) is 32.8. The summed E-state index contributed by atoms with van der Waals surface area (Å²) in [6, 6.07) is 12.1. The number of amides is 1. The fraction of sp³-hybridized carbons (Fsp3) is 0.634. The Morgan fingerprint density at radius 2 is 1.77 bits per heavy atom. The summed E-state index contributed by atoms with van der Waals surface area (Å²) in [4.78, 5) is 21.3. The van der Waals surface area contributed by atoms with Crippen molar-refractivity contribution in [1.82, 2.24) is 14.5 Å². The molecule has 9 nitrogen and oxygen atoms in total. The molecule has 52 heavy (non-hydrogen) atoms. The minimum absolute atomic E-state index is 0.207. The lowest BCUT2D eigenvalue weighted by atomic mass is 9.63. The maximum atomic E-state index is 13.6. The summed E-state index contributed by atoms with van der Waals surface area (Å²) in [5.74, 6) is 0.529. The largest absolute Gasteiger partial charge is 0.487 e. The highest BCUT2D eigenvalue weighted by Gasteiger charge is 2.48. The number of rotatable bonds is 4. The Kier molecular flexibility index (Phi) is 11.6. The Morgan fingerprint density at radius 3 is 2.48 bits per heavy atom. The lowest BCUT2D eigenvalue weighted by Crippen LogP contribution is -2.59. The van der Waals surface area contributed by atoms with Gasteiger partial charge < -0.3 is 14.4 Å². The lowest BCUT2D eigenvalue weighted by molar-refractivity contribution is -0.0971. The Bertz CT molecular complexity index is 1730. The van der Waals surface area contributed by atoms with Crippen molar-refractivity contribution in [3.8, 4) is 5.75 Å². The molecule has 1 saturated heterocycles. The van der Waals surface area contributed by atoms with Crippen LogP contribution in [0.4, 0.5) is 5.69 Å². The highest BCUT2D eigenvalue weighted by molar-refractivity contribution is 7.90. The molecule has 11 heteroatoms. The summed E-state index contributed by atoms with van der Waals surface area (Å²) in [6.07, 6.45) is 14.0. The minimum atomic E-state index is -3.94. The Labute approximate surface area is 316 Å². The highest BCUT2D eigenvalue weighted by atomic mass is 35.5. The molecule has 1 amide bonds. The van der Waals surface area contributed by atoms with E-state index < -0.39 is 26.8 Å². The molecule has 284 valence electrons. The fourth-order valence-electron chi connectivity index (χ4n) is 9.02. The second kappa shape index (κ2) is 16.0. The second-order valence-electron chi connectivity index (χ2n) is 16.1. The van der Waals surface area contributed by atoms with E-state index in [-0.39, 0.29) is 5.92 Å². The smallest absolute Gasteiger partial charge is 0.264 e. The number of hydrogen-bond donors (Lipinski definition) is 1. The first-order chi connectivity index (χ1) is 25.0. The van der Waals surface area contributed by atoms with E-state index >= 15 is 0 Å². The van der Waals surface area contributed by atoms with Crippen molar-refractivity contribution in [1.29, 1.82) is 0 Å². The third-order valence-corrected chi connectivity index (χ3v) is 15.2. The zero-order valence-electron chi connectivity index (χ0n) is 31.2. The second-order valence-corrected chi connectivity index (χ2v) is 18.6. The first kappa shape index (κ1) is 37.7. The highest BCUT2D eigenvalue weighted by Crippen LogP contribution is 2.47. The van der Waals surface area contributed by atoms with Gasteiger partial charge in [-0.1, -0.05) is 43.2 Å². The molecule has 1 N–H and O–H groups in total. The van der Waals surface area contributed by atoms with Gasteiger partial charge in [-0.25, -0.2) is 13.1 Å². The van der Waals surface area contributed by atoms with Crippen molar-refractivity contribution < 1.29 is 22.7 Å². The molecule has 2 aliphatic carbocycles. The summed E-state index contributed by atoms with van der Waals surface area (Å²) >= 11 is 6.41. The van der Waals surface area contributed by atoms with Crippen LogP contribution in [0.25, 0.3) is 0 Å². The van der Waals surface area contributed by atoms with Crippen LogP contribution >= 0.6 is 11.6 Å². The van der Waals surface area contributed by atoms with Gasteiger partial charge in [-0.3, -0.25) is 14.6 Å². The third-order valence-electron chi connectivity index (χ3n) is 13.0. The van der Waals surface area contributed by atoms with E-state index in [4.69, 9.17) is 21.1 Å². The van der Waals surface area contributed by atoms with Crippen LogP contribution in [0.2, 0.25) is 5.02 Å². The number of methoxy groups -OCH3 is 1. The average Bonchev–Trinajstić information content (AvgIpc) is 3.12. The number of sulfonamides is 1. The quantitative estimate of drug-likeness (QED) is 0.346. The van der Waals surface area contributed by atoms with E-state index in [1.807, 2.05) is 44.4 Å². The molecule has 0 radical (unpaired) electrons. The molecule has 0 aromatic heterocycles. The van der Waals surface area contributed by atoms with Gasteiger partial charge in [-0.05, 0) is 118 Å². The Balaban J connectivity index is 1.23. The molecule has 3 heterocycles. The molecule has 2 saturated carbocycles. The number of ether oxygens (including phenoxy) is 2. The first-order valence-corrected chi connectivity index (χ1v) is 21.5. The molecule has 2 aromatic rings. The number of nitrogens with zero attached hydrogens (tertiary/aromatic N) is 3. The predicted octanol–water partition coefficient (Wildman–Crippen LogP) is 6.69. The minimum Gasteiger partial charge on any atom is -0.487 e. The topological polar surface area (TPSA) is 91.4 Å². The summed E-state index contributed by atoms with van der Waals surface area (Å²) < 4.78 is 42.8. The third kappa shape index (κ3) is 8.07. The molecule has 5 atom stereocenters. The maximum absolute atomic E-state index is 13.6. The summed E-state index contributed by atoms with van der Waals surface area (Å²) in [7, 11) is -2.08. The molecule has 3 aliphatic heterocycles. The molecule has 2 aromatic carbocycles. The van der Waals surface area contributed by atoms with Gasteiger partial charge in [0.25, 0.3) is 5.91 Å². The van der Waals surface area contributed by atoms with E-state index in [1.165, 1.54) is 24.8 Å². The van der Waals surface area contributed by atoms with Crippen molar-refractivity contribution in [3.05, 3.63) is 70.3 Å². The van der Waals surface area contributed by atoms with E-state index in [1.54, 1.807) is 13.0 Å². The molecule has 2 bridgehead atoms. The van der Waals surface area contributed by atoms with Gasteiger partial charge in [0, 0.05) is 69.6 Å². The van der Waals surface area contributed by atoms with Gasteiger partial charge in [0.2, 0.25) is 10.0 Å². The van der Waals surface area contributed by atoms with Crippen molar-refractivity contribution >= 4 is 33.2 Å². The summed E-state index contributed by atoms with van der Waals surface area (Å²) in [5, 5.41) is -0.0448. The lowest BCUT2D eigenvalue weighted by Gasteiger charge is -2.52. The van der Waals surface area contributed by atoms with Gasteiger partial charge in [-0.15, -0.1) is 0 Å². The van der Waals surface area contributed by atoms with E-state index in [9.17, 15) is 13.2 Å². The van der Waals surface area contributed by atoms with Crippen LogP contribution in [0.15, 0.2) is 48.6 Å². The first-order valence-electron chi connectivity index (χ1n) is 19.6. The number of nitrogens with one attached hydrogen (secondary N) is 1. The summed E-state index contributed by atoms with van der Waals surface area (Å²) in [6.45, 7) is 10.7.